The van der Waals surface area contributed by atoms with Crippen molar-refractivity contribution in [3.05, 3.63) is 71.6 Å². The number of hydrogen-bond donors (Lipinski definition) is 0. The fraction of sp³-hybridized carbons (Fsp3) is 0.263. The fourth-order valence-electron chi connectivity index (χ4n) is 3.09. The summed E-state index contributed by atoms with van der Waals surface area (Å²) in [7, 11) is 0. The number of fused-ring (bicyclic) bond motifs is 1. The van der Waals surface area contributed by atoms with Crippen LogP contribution in [0.5, 0.6) is 0 Å². The lowest BCUT2D eigenvalue weighted by Gasteiger charge is -2.28. The van der Waals surface area contributed by atoms with Crippen molar-refractivity contribution in [2.24, 2.45) is 0 Å². The van der Waals surface area contributed by atoms with Crippen molar-refractivity contribution in [1.29, 1.82) is 0 Å². The Balaban J connectivity index is 1.46. The van der Waals surface area contributed by atoms with Gasteiger partial charge in [-0.15, -0.1) is 0 Å². The minimum absolute atomic E-state index is 0.537. The largest absolute Gasteiger partial charge is 0.433 e. The first-order valence-electron chi connectivity index (χ1n) is 8.49. The Labute approximate surface area is 153 Å². The maximum atomic E-state index is 12.6. The van der Waals surface area contributed by atoms with Gasteiger partial charge in [0, 0.05) is 62.0 Å². The van der Waals surface area contributed by atoms with Gasteiger partial charge in [-0.2, -0.15) is 13.2 Å². The van der Waals surface area contributed by atoms with E-state index < -0.39 is 11.9 Å². The molecule has 0 atom stereocenters. The van der Waals surface area contributed by atoms with Crippen LogP contribution < -0.4 is 0 Å². The summed E-state index contributed by atoms with van der Waals surface area (Å²) in [6.45, 7) is 1.97. The molecule has 3 aromatic rings. The van der Waals surface area contributed by atoms with Gasteiger partial charge in [0.25, 0.3) is 0 Å². The predicted molar refractivity (Wildman–Crippen MR) is 92.3 cm³/mol. The Kier molecular flexibility index (Phi) is 4.57. The Bertz CT molecular complexity index is 926. The van der Waals surface area contributed by atoms with E-state index in [0.29, 0.717) is 18.9 Å². The Morgan fingerprint density at radius 3 is 2.63 bits per heavy atom. The lowest BCUT2D eigenvalue weighted by Crippen LogP contribution is -2.31. The van der Waals surface area contributed by atoms with Crippen LogP contribution in [-0.2, 0) is 25.7 Å². The van der Waals surface area contributed by atoms with Gasteiger partial charge in [0.1, 0.15) is 5.69 Å². The Hall–Kier alpha value is -2.87. The molecule has 4 heterocycles. The number of pyridine rings is 2. The zero-order chi connectivity index (χ0) is 18.9. The number of nitrogens with zero attached hydrogens (tertiary/aromatic N) is 5. The summed E-state index contributed by atoms with van der Waals surface area (Å²) in [4.78, 5) is 18.8. The smallest absolute Gasteiger partial charge is 0.294 e. The van der Waals surface area contributed by atoms with Crippen molar-refractivity contribution < 1.29 is 13.2 Å². The number of rotatable bonds is 3. The van der Waals surface area contributed by atoms with E-state index in [2.05, 4.69) is 24.8 Å². The summed E-state index contributed by atoms with van der Waals surface area (Å²) in [6, 6.07) is 6.27. The Morgan fingerprint density at radius 1 is 1.04 bits per heavy atom. The maximum Gasteiger partial charge on any atom is 0.433 e. The van der Waals surface area contributed by atoms with Crippen LogP contribution >= 0.6 is 0 Å². The first kappa shape index (κ1) is 17.5. The first-order chi connectivity index (χ1) is 13.0. The first-order valence-corrected chi connectivity index (χ1v) is 8.49. The molecule has 0 saturated heterocycles. The third-order valence-corrected chi connectivity index (χ3v) is 4.45. The molecule has 1 aliphatic heterocycles. The molecule has 0 fully saturated rings. The molecular formula is C19H16F3N5. The van der Waals surface area contributed by atoms with E-state index >= 15 is 0 Å². The molecule has 0 radical (unpaired) electrons. The average molecular weight is 371 g/mol. The van der Waals surface area contributed by atoms with E-state index in [1.807, 2.05) is 18.3 Å². The normalized spacial score (nSPS) is 14.8. The van der Waals surface area contributed by atoms with Crippen LogP contribution in [-0.4, -0.2) is 31.4 Å². The van der Waals surface area contributed by atoms with Crippen molar-refractivity contribution in [1.82, 2.24) is 24.8 Å². The highest BCUT2D eigenvalue weighted by Crippen LogP contribution is 2.27. The molecule has 0 amide bonds. The van der Waals surface area contributed by atoms with E-state index in [-0.39, 0.29) is 0 Å². The number of aromatic nitrogens is 4. The second-order valence-electron chi connectivity index (χ2n) is 6.42. The van der Waals surface area contributed by atoms with E-state index in [9.17, 15) is 13.2 Å². The lowest BCUT2D eigenvalue weighted by molar-refractivity contribution is -0.141. The van der Waals surface area contributed by atoms with Gasteiger partial charge < -0.3 is 0 Å². The van der Waals surface area contributed by atoms with Gasteiger partial charge in [0.05, 0.1) is 5.69 Å². The molecule has 0 N–H and O–H groups in total. The highest BCUT2D eigenvalue weighted by molar-refractivity contribution is 5.53. The van der Waals surface area contributed by atoms with Crippen LogP contribution in [0.3, 0.4) is 0 Å². The molecule has 5 nitrogen and oxygen atoms in total. The molecule has 27 heavy (non-hydrogen) atoms. The summed E-state index contributed by atoms with van der Waals surface area (Å²) in [6.07, 6.45) is 2.90. The van der Waals surface area contributed by atoms with E-state index in [4.69, 9.17) is 0 Å². The number of hydrogen-bond acceptors (Lipinski definition) is 5. The van der Waals surface area contributed by atoms with Crippen molar-refractivity contribution in [2.75, 3.05) is 6.54 Å². The monoisotopic (exact) mass is 371 g/mol. The fourth-order valence-corrected chi connectivity index (χ4v) is 3.09. The lowest BCUT2D eigenvalue weighted by atomic mass is 10.1. The highest BCUT2D eigenvalue weighted by Gasteiger charge is 2.32. The van der Waals surface area contributed by atoms with E-state index in [1.165, 1.54) is 12.3 Å². The molecule has 0 saturated carbocycles. The van der Waals surface area contributed by atoms with Crippen LogP contribution in [0, 0.1) is 0 Å². The molecular weight excluding hydrogens is 355 g/mol. The molecule has 8 heteroatoms. The molecule has 1 aliphatic rings. The quantitative estimate of drug-likeness (QED) is 0.705. The van der Waals surface area contributed by atoms with Crippen LogP contribution in [0.15, 0.2) is 49.1 Å². The third kappa shape index (κ3) is 3.95. The summed E-state index contributed by atoms with van der Waals surface area (Å²) < 4.78 is 37.8. The van der Waals surface area contributed by atoms with Crippen molar-refractivity contribution >= 4 is 0 Å². The van der Waals surface area contributed by atoms with Gasteiger partial charge >= 0.3 is 6.18 Å². The topological polar surface area (TPSA) is 54.8 Å². The molecule has 3 aromatic heterocycles. The summed E-state index contributed by atoms with van der Waals surface area (Å²) >= 11 is 0. The van der Waals surface area contributed by atoms with Crippen LogP contribution in [0.4, 0.5) is 13.2 Å². The van der Waals surface area contributed by atoms with E-state index in [1.54, 1.807) is 12.4 Å². The molecule has 0 aliphatic carbocycles. The number of alkyl halides is 3. The number of halogens is 3. The summed E-state index contributed by atoms with van der Waals surface area (Å²) in [5.74, 6) is 0.655. The predicted octanol–water partition coefficient (Wildman–Crippen LogP) is 3.51. The van der Waals surface area contributed by atoms with Gasteiger partial charge in [-0.1, -0.05) is 6.07 Å². The third-order valence-electron chi connectivity index (χ3n) is 4.45. The van der Waals surface area contributed by atoms with Crippen molar-refractivity contribution in [3.8, 4) is 11.4 Å². The Morgan fingerprint density at radius 2 is 1.93 bits per heavy atom. The average Bonchev–Trinajstić information content (AvgIpc) is 2.68. The van der Waals surface area contributed by atoms with Crippen molar-refractivity contribution in [3.63, 3.8) is 0 Å². The van der Waals surface area contributed by atoms with Crippen LogP contribution in [0.25, 0.3) is 11.4 Å². The molecule has 0 bridgehead atoms. The van der Waals surface area contributed by atoms with E-state index in [0.717, 1.165) is 41.4 Å². The molecule has 4 rings (SSSR count). The maximum absolute atomic E-state index is 12.6. The van der Waals surface area contributed by atoms with Gasteiger partial charge in [-0.05, 0) is 23.8 Å². The second kappa shape index (κ2) is 7.03. The molecule has 0 spiro atoms. The zero-order valence-corrected chi connectivity index (χ0v) is 14.3. The van der Waals surface area contributed by atoms with Crippen LogP contribution in [0.2, 0.25) is 0 Å². The SMILES string of the molecule is FC(F)(F)c1ccc(CN2CCc3nc(-c4cccnc4)ncc3C2)cn1. The highest BCUT2D eigenvalue weighted by atomic mass is 19.4. The minimum atomic E-state index is -4.41. The summed E-state index contributed by atoms with van der Waals surface area (Å²) in [5.41, 5.74) is 2.80. The standard InChI is InChI=1S/C19H16F3N5/c20-19(21,22)17-4-3-13(8-24-17)11-27-7-5-16-15(12-27)10-25-18(26-16)14-2-1-6-23-9-14/h1-4,6,8-10H,5,7,11-12H2. The van der Waals surface area contributed by atoms with Crippen molar-refractivity contribution in [2.45, 2.75) is 25.7 Å². The summed E-state index contributed by atoms with van der Waals surface area (Å²) in [5, 5.41) is 0. The second-order valence-corrected chi connectivity index (χ2v) is 6.42. The minimum Gasteiger partial charge on any atom is -0.294 e. The molecule has 0 unspecified atom stereocenters. The zero-order valence-electron chi connectivity index (χ0n) is 14.3. The molecule has 0 aromatic carbocycles. The van der Waals surface area contributed by atoms with Crippen LogP contribution in [0.1, 0.15) is 22.5 Å². The molecule has 138 valence electrons. The van der Waals surface area contributed by atoms with Gasteiger partial charge in [-0.3, -0.25) is 14.9 Å². The van der Waals surface area contributed by atoms with Gasteiger partial charge in [0.15, 0.2) is 5.82 Å². The van der Waals surface area contributed by atoms with Gasteiger partial charge in [-0.25, -0.2) is 9.97 Å². The van der Waals surface area contributed by atoms with Gasteiger partial charge in [0.2, 0.25) is 0 Å².